The Bertz CT molecular complexity index is 535. The van der Waals surface area contributed by atoms with E-state index in [1.54, 1.807) is 4.90 Å². The monoisotopic (exact) mass is 320 g/mol. The number of carbonyl (C=O) groups excluding carboxylic acids is 2. The SMILES string of the molecule is CC(=O)NCC(=O)N1CCC[C@@](O)(COc2ccccc2)CC1. The fourth-order valence-electron chi connectivity index (χ4n) is 2.62. The van der Waals surface area contributed by atoms with Gasteiger partial charge in [0.1, 0.15) is 18.0 Å². The smallest absolute Gasteiger partial charge is 0.241 e. The van der Waals surface area contributed by atoms with E-state index in [1.165, 1.54) is 6.92 Å². The first-order valence-corrected chi connectivity index (χ1v) is 7.91. The van der Waals surface area contributed by atoms with Gasteiger partial charge in [-0.3, -0.25) is 9.59 Å². The lowest BCUT2D eigenvalue weighted by Gasteiger charge is -2.27. The highest BCUT2D eigenvalue weighted by atomic mass is 16.5. The van der Waals surface area contributed by atoms with Crippen molar-refractivity contribution in [3.63, 3.8) is 0 Å². The van der Waals surface area contributed by atoms with Crippen LogP contribution in [-0.2, 0) is 9.59 Å². The number of nitrogens with zero attached hydrogens (tertiary/aromatic N) is 1. The number of hydrogen-bond donors (Lipinski definition) is 2. The molecule has 1 aliphatic rings. The predicted octanol–water partition coefficient (Wildman–Crippen LogP) is 0.945. The second kappa shape index (κ2) is 7.97. The molecule has 1 aromatic carbocycles. The van der Waals surface area contributed by atoms with Crippen molar-refractivity contribution in [1.82, 2.24) is 10.2 Å². The van der Waals surface area contributed by atoms with E-state index in [4.69, 9.17) is 4.74 Å². The molecule has 6 nitrogen and oxygen atoms in total. The van der Waals surface area contributed by atoms with E-state index >= 15 is 0 Å². The zero-order valence-corrected chi connectivity index (χ0v) is 13.5. The lowest BCUT2D eigenvalue weighted by Crippen LogP contribution is -2.41. The predicted molar refractivity (Wildman–Crippen MR) is 86.0 cm³/mol. The van der Waals surface area contributed by atoms with Crippen LogP contribution < -0.4 is 10.1 Å². The number of aliphatic hydroxyl groups is 1. The maximum atomic E-state index is 12.0. The van der Waals surface area contributed by atoms with E-state index < -0.39 is 5.60 Å². The first-order chi connectivity index (χ1) is 11.0. The molecular formula is C17H24N2O4. The molecule has 1 saturated heterocycles. The standard InChI is InChI=1S/C17H24N2O4/c1-14(20)18-12-16(21)19-10-5-8-17(22,9-11-19)13-23-15-6-3-2-4-7-15/h2-4,6-7,22H,5,8-13H2,1H3,(H,18,20)/t17-/m0/s1. The lowest BCUT2D eigenvalue weighted by atomic mass is 9.96. The molecule has 1 heterocycles. The van der Waals surface area contributed by atoms with Gasteiger partial charge in [0.2, 0.25) is 11.8 Å². The van der Waals surface area contributed by atoms with Crippen LogP contribution in [0.1, 0.15) is 26.2 Å². The van der Waals surface area contributed by atoms with Gasteiger partial charge in [-0.1, -0.05) is 18.2 Å². The number of nitrogens with one attached hydrogen (secondary N) is 1. The van der Waals surface area contributed by atoms with Crippen LogP contribution >= 0.6 is 0 Å². The van der Waals surface area contributed by atoms with Crippen molar-refractivity contribution in [2.45, 2.75) is 31.8 Å². The third kappa shape index (κ3) is 5.56. The van der Waals surface area contributed by atoms with Gasteiger partial charge in [-0.25, -0.2) is 0 Å². The molecule has 126 valence electrons. The summed E-state index contributed by atoms with van der Waals surface area (Å²) in [6, 6.07) is 9.38. The van der Waals surface area contributed by atoms with Gasteiger partial charge in [-0.2, -0.15) is 0 Å². The number of ether oxygens (including phenoxy) is 1. The summed E-state index contributed by atoms with van der Waals surface area (Å²) in [6.45, 7) is 2.66. The van der Waals surface area contributed by atoms with Crippen LogP contribution in [0.5, 0.6) is 5.75 Å². The van der Waals surface area contributed by atoms with Gasteiger partial charge < -0.3 is 20.1 Å². The number of likely N-dealkylation sites (tertiary alicyclic amines) is 1. The van der Waals surface area contributed by atoms with Crippen LogP contribution in [0, 0.1) is 0 Å². The number of hydrogen-bond acceptors (Lipinski definition) is 4. The zero-order valence-electron chi connectivity index (χ0n) is 13.5. The Morgan fingerprint density at radius 2 is 2.00 bits per heavy atom. The molecule has 0 aliphatic carbocycles. The minimum Gasteiger partial charge on any atom is -0.491 e. The summed E-state index contributed by atoms with van der Waals surface area (Å²) < 4.78 is 5.67. The molecule has 1 fully saturated rings. The summed E-state index contributed by atoms with van der Waals surface area (Å²) in [4.78, 5) is 24.6. The zero-order chi connectivity index (χ0) is 16.7. The Labute approximate surface area is 136 Å². The number of amides is 2. The van der Waals surface area contributed by atoms with Crippen molar-refractivity contribution in [1.29, 1.82) is 0 Å². The summed E-state index contributed by atoms with van der Waals surface area (Å²) in [5.41, 5.74) is -0.932. The summed E-state index contributed by atoms with van der Waals surface area (Å²) in [5.74, 6) is 0.387. The summed E-state index contributed by atoms with van der Waals surface area (Å²) in [5, 5.41) is 13.2. The van der Waals surface area contributed by atoms with Crippen LogP contribution in [0.2, 0.25) is 0 Å². The molecule has 23 heavy (non-hydrogen) atoms. The fraction of sp³-hybridized carbons (Fsp3) is 0.529. The molecule has 0 spiro atoms. The molecule has 1 aliphatic heterocycles. The molecule has 0 bridgehead atoms. The summed E-state index contributed by atoms with van der Waals surface area (Å²) >= 11 is 0. The van der Waals surface area contributed by atoms with Crippen molar-refractivity contribution in [3.05, 3.63) is 30.3 Å². The normalized spacial score (nSPS) is 21.4. The van der Waals surface area contributed by atoms with Crippen molar-refractivity contribution in [3.8, 4) is 5.75 Å². The first-order valence-electron chi connectivity index (χ1n) is 7.91. The van der Waals surface area contributed by atoms with Gasteiger partial charge in [-0.05, 0) is 31.4 Å². The highest BCUT2D eigenvalue weighted by Gasteiger charge is 2.32. The minimum atomic E-state index is -0.932. The first kappa shape index (κ1) is 17.3. The number of benzene rings is 1. The molecule has 1 aromatic rings. The quantitative estimate of drug-likeness (QED) is 0.846. The topological polar surface area (TPSA) is 78.9 Å². The molecule has 2 amide bonds. The van der Waals surface area contributed by atoms with E-state index in [-0.39, 0.29) is 25.0 Å². The molecule has 6 heteroatoms. The molecule has 0 radical (unpaired) electrons. The van der Waals surface area contributed by atoms with E-state index in [0.717, 1.165) is 5.75 Å². The van der Waals surface area contributed by atoms with Crippen LogP contribution in [0.15, 0.2) is 30.3 Å². The molecule has 0 aromatic heterocycles. The number of para-hydroxylation sites is 1. The van der Waals surface area contributed by atoms with Gasteiger partial charge in [0.15, 0.2) is 0 Å². The van der Waals surface area contributed by atoms with Crippen LogP contribution in [-0.4, -0.2) is 53.7 Å². The van der Waals surface area contributed by atoms with Crippen molar-refractivity contribution in [2.24, 2.45) is 0 Å². The average Bonchev–Trinajstić information content (AvgIpc) is 2.74. The van der Waals surface area contributed by atoms with Gasteiger partial charge in [-0.15, -0.1) is 0 Å². The fourth-order valence-corrected chi connectivity index (χ4v) is 2.62. The number of carbonyl (C=O) groups is 2. The van der Waals surface area contributed by atoms with Gasteiger partial charge in [0, 0.05) is 20.0 Å². The maximum absolute atomic E-state index is 12.0. The third-order valence-corrected chi connectivity index (χ3v) is 4.01. The van der Waals surface area contributed by atoms with Crippen molar-refractivity contribution < 1.29 is 19.4 Å². The highest BCUT2D eigenvalue weighted by molar-refractivity contribution is 5.83. The largest absolute Gasteiger partial charge is 0.491 e. The minimum absolute atomic E-state index is 0.00821. The second-order valence-corrected chi connectivity index (χ2v) is 5.97. The second-order valence-electron chi connectivity index (χ2n) is 5.97. The van der Waals surface area contributed by atoms with E-state index in [0.29, 0.717) is 32.4 Å². The van der Waals surface area contributed by atoms with Gasteiger partial charge in [0.05, 0.1) is 6.54 Å². The lowest BCUT2D eigenvalue weighted by molar-refractivity contribution is -0.132. The van der Waals surface area contributed by atoms with E-state index in [1.807, 2.05) is 30.3 Å². The van der Waals surface area contributed by atoms with Crippen LogP contribution in [0.3, 0.4) is 0 Å². The molecular weight excluding hydrogens is 296 g/mol. The summed E-state index contributed by atoms with van der Waals surface area (Å²) in [7, 11) is 0. The highest BCUT2D eigenvalue weighted by Crippen LogP contribution is 2.24. The van der Waals surface area contributed by atoms with Crippen LogP contribution in [0.25, 0.3) is 0 Å². The molecule has 1 atom stereocenters. The Morgan fingerprint density at radius 3 is 2.70 bits per heavy atom. The molecule has 2 rings (SSSR count). The van der Waals surface area contributed by atoms with Gasteiger partial charge >= 0.3 is 0 Å². The van der Waals surface area contributed by atoms with Gasteiger partial charge in [0.25, 0.3) is 0 Å². The Kier molecular flexibility index (Phi) is 5.98. The van der Waals surface area contributed by atoms with E-state index in [2.05, 4.69) is 5.32 Å². The Balaban J connectivity index is 1.84. The summed E-state index contributed by atoms with van der Waals surface area (Å²) in [6.07, 6.45) is 1.76. The molecule has 0 saturated carbocycles. The Morgan fingerprint density at radius 1 is 1.26 bits per heavy atom. The van der Waals surface area contributed by atoms with Crippen molar-refractivity contribution >= 4 is 11.8 Å². The van der Waals surface area contributed by atoms with Crippen molar-refractivity contribution in [2.75, 3.05) is 26.2 Å². The third-order valence-electron chi connectivity index (χ3n) is 4.01. The number of rotatable bonds is 5. The molecule has 0 unspecified atom stereocenters. The molecule has 2 N–H and O–H groups in total. The Hall–Kier alpha value is -2.08. The average molecular weight is 320 g/mol. The maximum Gasteiger partial charge on any atom is 0.241 e. The van der Waals surface area contributed by atoms with Crippen LogP contribution in [0.4, 0.5) is 0 Å². The van der Waals surface area contributed by atoms with E-state index in [9.17, 15) is 14.7 Å².